The van der Waals surface area contributed by atoms with Gasteiger partial charge in [-0.1, -0.05) is 24.3 Å². The number of carbonyl (C=O) groups is 1. The molecule has 2 unspecified atom stereocenters. The van der Waals surface area contributed by atoms with Crippen molar-refractivity contribution in [2.75, 3.05) is 27.4 Å². The van der Waals surface area contributed by atoms with E-state index in [1.54, 1.807) is 0 Å². The molecule has 2 aliphatic rings. The molecule has 7 heteroatoms. The van der Waals surface area contributed by atoms with E-state index in [1.807, 2.05) is 57.2 Å². The highest BCUT2D eigenvalue weighted by Gasteiger charge is 2.49. The molecule has 0 amide bonds. The van der Waals surface area contributed by atoms with Crippen molar-refractivity contribution in [3.05, 3.63) is 53.3 Å². The summed E-state index contributed by atoms with van der Waals surface area (Å²) in [4.78, 5) is 11.9. The number of rotatable bonds is 8. The van der Waals surface area contributed by atoms with E-state index in [1.165, 1.54) is 20.5 Å². The molecular formula is C26H34O7. The van der Waals surface area contributed by atoms with Crippen molar-refractivity contribution < 1.29 is 33.2 Å². The van der Waals surface area contributed by atoms with E-state index >= 15 is 0 Å². The van der Waals surface area contributed by atoms with Crippen LogP contribution >= 0.6 is 0 Å². The lowest BCUT2D eigenvalue weighted by molar-refractivity contribution is -0.135. The summed E-state index contributed by atoms with van der Waals surface area (Å²) in [5.41, 5.74) is 1.31. The molecule has 1 aromatic rings. The topological polar surface area (TPSA) is 75.8 Å². The lowest BCUT2D eigenvalue weighted by Gasteiger charge is -2.31. The maximum atomic E-state index is 11.9. The maximum Gasteiger partial charge on any atom is 0.341 e. The Morgan fingerprint density at radius 3 is 2.52 bits per heavy atom. The molecule has 1 fully saturated rings. The standard InChI is InChI=1S/C26H34O7/c1-17(19(14-28-6)24(27)29-7)9-8-10-18-11-12-20-21(13-18)32-25(2,3)22(15-30-20)31-16-23-26(4,5)33-23/h8-14,22-23H,15-16H2,1-7H3/b10-8+,17-9-,19-14+. The summed E-state index contributed by atoms with van der Waals surface area (Å²) in [5.74, 6) is 0.883. The normalized spacial score (nSPS) is 23.7. The molecule has 1 aromatic carbocycles. The molecular weight excluding hydrogens is 424 g/mol. The van der Waals surface area contributed by atoms with Gasteiger partial charge in [0.1, 0.15) is 24.4 Å². The van der Waals surface area contributed by atoms with Gasteiger partial charge in [-0.05, 0) is 57.9 Å². The average molecular weight is 459 g/mol. The van der Waals surface area contributed by atoms with Crippen LogP contribution in [0.2, 0.25) is 0 Å². The van der Waals surface area contributed by atoms with Crippen LogP contribution in [0.15, 0.2) is 47.8 Å². The zero-order valence-electron chi connectivity index (χ0n) is 20.5. The lowest BCUT2D eigenvalue weighted by Crippen LogP contribution is -2.46. The lowest BCUT2D eigenvalue weighted by atomic mass is 10.0. The first kappa shape index (κ1) is 24.9. The monoisotopic (exact) mass is 458 g/mol. The fourth-order valence-corrected chi connectivity index (χ4v) is 3.49. The second-order valence-electron chi connectivity index (χ2n) is 9.22. The molecule has 2 atom stereocenters. The smallest absolute Gasteiger partial charge is 0.341 e. The minimum absolute atomic E-state index is 0.102. The van der Waals surface area contributed by atoms with E-state index in [2.05, 4.69) is 13.8 Å². The van der Waals surface area contributed by atoms with E-state index in [0.29, 0.717) is 30.3 Å². The third kappa shape index (κ3) is 6.18. The molecule has 2 aliphatic heterocycles. The van der Waals surface area contributed by atoms with Gasteiger partial charge in [0.25, 0.3) is 0 Å². The number of hydrogen-bond acceptors (Lipinski definition) is 7. The molecule has 3 rings (SSSR count). The first-order valence-electron chi connectivity index (χ1n) is 11.0. The Hall–Kier alpha value is -2.77. The van der Waals surface area contributed by atoms with Crippen LogP contribution < -0.4 is 9.47 Å². The van der Waals surface area contributed by atoms with E-state index < -0.39 is 11.6 Å². The Morgan fingerprint density at radius 2 is 1.88 bits per heavy atom. The van der Waals surface area contributed by atoms with Gasteiger partial charge in [0.15, 0.2) is 11.5 Å². The van der Waals surface area contributed by atoms with Crippen LogP contribution in [0.1, 0.15) is 40.2 Å². The van der Waals surface area contributed by atoms with Crippen LogP contribution in [0.5, 0.6) is 11.5 Å². The van der Waals surface area contributed by atoms with Gasteiger partial charge >= 0.3 is 5.97 Å². The SMILES string of the molecule is CO\C=C(C(=O)OC)/C(C)=C\C=C\c1ccc2c(c1)OC(C)(C)C(OCC1OC1(C)C)CO2. The Balaban J connectivity index is 1.69. The van der Waals surface area contributed by atoms with Gasteiger partial charge < -0.3 is 28.4 Å². The zero-order chi connectivity index (χ0) is 24.2. The van der Waals surface area contributed by atoms with E-state index in [4.69, 9.17) is 28.4 Å². The first-order valence-corrected chi connectivity index (χ1v) is 11.0. The number of benzene rings is 1. The van der Waals surface area contributed by atoms with Crippen molar-refractivity contribution in [3.63, 3.8) is 0 Å². The first-order chi connectivity index (χ1) is 15.6. The number of allylic oxidation sites excluding steroid dienone is 2. The number of hydrogen-bond donors (Lipinski definition) is 0. The van der Waals surface area contributed by atoms with Crippen molar-refractivity contribution >= 4 is 12.0 Å². The molecule has 1 saturated heterocycles. The van der Waals surface area contributed by atoms with Gasteiger partial charge in [-0.25, -0.2) is 4.79 Å². The maximum absolute atomic E-state index is 11.9. The third-order valence-electron chi connectivity index (χ3n) is 5.82. The molecule has 0 bridgehead atoms. The minimum atomic E-state index is -0.580. The van der Waals surface area contributed by atoms with Crippen LogP contribution in [0, 0.1) is 0 Å². The van der Waals surface area contributed by atoms with Gasteiger partial charge in [-0.15, -0.1) is 0 Å². The summed E-state index contributed by atoms with van der Waals surface area (Å²) >= 11 is 0. The predicted octanol–water partition coefficient (Wildman–Crippen LogP) is 4.46. The van der Waals surface area contributed by atoms with Crippen LogP contribution in [-0.4, -0.2) is 56.8 Å². The minimum Gasteiger partial charge on any atom is -0.503 e. The van der Waals surface area contributed by atoms with Crippen molar-refractivity contribution in [1.82, 2.24) is 0 Å². The molecule has 0 spiro atoms. The summed E-state index contributed by atoms with van der Waals surface area (Å²) in [6.45, 7) is 10.8. The summed E-state index contributed by atoms with van der Waals surface area (Å²) in [6, 6.07) is 5.77. The Morgan fingerprint density at radius 1 is 1.15 bits per heavy atom. The number of methoxy groups -OCH3 is 2. The van der Waals surface area contributed by atoms with E-state index in [-0.39, 0.29) is 17.8 Å². The quantitative estimate of drug-likeness (QED) is 0.187. The fourth-order valence-electron chi connectivity index (χ4n) is 3.49. The third-order valence-corrected chi connectivity index (χ3v) is 5.82. The zero-order valence-corrected chi connectivity index (χ0v) is 20.5. The highest BCUT2D eigenvalue weighted by molar-refractivity contribution is 5.93. The number of fused-ring (bicyclic) bond motifs is 1. The molecule has 0 saturated carbocycles. The summed E-state index contributed by atoms with van der Waals surface area (Å²) in [7, 11) is 2.83. The molecule has 0 radical (unpaired) electrons. The van der Waals surface area contributed by atoms with Crippen LogP contribution in [0.25, 0.3) is 6.08 Å². The Labute approximate surface area is 195 Å². The fraction of sp³-hybridized carbons (Fsp3) is 0.500. The highest BCUT2D eigenvalue weighted by atomic mass is 16.6. The second-order valence-corrected chi connectivity index (χ2v) is 9.22. The summed E-state index contributed by atoms with van der Waals surface area (Å²) < 4.78 is 33.8. The number of carbonyl (C=O) groups excluding carboxylic acids is 1. The van der Waals surface area contributed by atoms with Crippen LogP contribution in [0.4, 0.5) is 0 Å². The predicted molar refractivity (Wildman–Crippen MR) is 125 cm³/mol. The molecule has 7 nitrogen and oxygen atoms in total. The van der Waals surface area contributed by atoms with Crippen molar-refractivity contribution in [3.8, 4) is 11.5 Å². The molecule has 2 heterocycles. The number of esters is 1. The molecule has 33 heavy (non-hydrogen) atoms. The Bertz CT molecular complexity index is 955. The van der Waals surface area contributed by atoms with E-state index in [0.717, 1.165) is 11.1 Å². The van der Waals surface area contributed by atoms with Crippen LogP contribution in [0.3, 0.4) is 0 Å². The van der Waals surface area contributed by atoms with Gasteiger partial charge in [0, 0.05) is 0 Å². The largest absolute Gasteiger partial charge is 0.503 e. The van der Waals surface area contributed by atoms with Gasteiger partial charge in [-0.2, -0.15) is 0 Å². The summed E-state index contributed by atoms with van der Waals surface area (Å²) in [5, 5.41) is 0. The second kappa shape index (κ2) is 10.0. The Kier molecular flexibility index (Phi) is 7.55. The van der Waals surface area contributed by atoms with Crippen molar-refractivity contribution in [2.45, 2.75) is 58.0 Å². The molecule has 0 N–H and O–H groups in total. The number of ether oxygens (including phenoxy) is 6. The average Bonchev–Trinajstić information content (AvgIpc) is 3.40. The van der Waals surface area contributed by atoms with Gasteiger partial charge in [0.2, 0.25) is 0 Å². The van der Waals surface area contributed by atoms with Crippen molar-refractivity contribution in [2.24, 2.45) is 0 Å². The highest BCUT2D eigenvalue weighted by Crippen LogP contribution is 2.39. The van der Waals surface area contributed by atoms with E-state index in [9.17, 15) is 4.79 Å². The summed E-state index contributed by atoms with van der Waals surface area (Å²) in [6.07, 6.45) is 6.84. The van der Waals surface area contributed by atoms with Gasteiger partial charge in [0.05, 0.1) is 38.3 Å². The number of epoxide rings is 1. The molecule has 180 valence electrons. The van der Waals surface area contributed by atoms with Crippen molar-refractivity contribution in [1.29, 1.82) is 0 Å². The molecule has 0 aromatic heterocycles. The molecule has 0 aliphatic carbocycles. The van der Waals surface area contributed by atoms with Gasteiger partial charge in [-0.3, -0.25) is 0 Å². The van der Waals surface area contributed by atoms with Crippen LogP contribution in [-0.2, 0) is 23.7 Å².